The van der Waals surface area contributed by atoms with Gasteiger partial charge in [0.05, 0.1) is 29.5 Å². The van der Waals surface area contributed by atoms with Crippen molar-refractivity contribution in [2.45, 2.75) is 6.54 Å². The maximum absolute atomic E-state index is 11.4. The standard InChI is InChI=1S/C21H16ClN3O2/c22-16-6-8-19(18(11-16)21(26)27)24-17-7-9-20-15(10-17)12-23-25(20)13-14-4-2-1-3-5-14/h1-12,24H,13H2,(H,26,27). The zero-order valence-corrected chi connectivity index (χ0v) is 15.0. The molecule has 1 aromatic heterocycles. The number of carboxylic acids is 1. The summed E-state index contributed by atoms with van der Waals surface area (Å²) in [6, 6.07) is 20.7. The zero-order valence-electron chi connectivity index (χ0n) is 14.3. The normalized spacial score (nSPS) is 10.9. The maximum atomic E-state index is 11.4. The van der Waals surface area contributed by atoms with Crippen LogP contribution in [0, 0.1) is 0 Å². The summed E-state index contributed by atoms with van der Waals surface area (Å²) < 4.78 is 1.94. The van der Waals surface area contributed by atoms with Gasteiger partial charge in [-0.1, -0.05) is 41.9 Å². The van der Waals surface area contributed by atoms with Crippen molar-refractivity contribution in [3.8, 4) is 0 Å². The minimum atomic E-state index is -1.03. The largest absolute Gasteiger partial charge is 0.478 e. The molecule has 3 aromatic carbocycles. The van der Waals surface area contributed by atoms with Crippen molar-refractivity contribution in [2.75, 3.05) is 5.32 Å². The fourth-order valence-electron chi connectivity index (χ4n) is 3.01. The minimum Gasteiger partial charge on any atom is -0.478 e. The number of hydrogen-bond acceptors (Lipinski definition) is 3. The third-order valence-corrected chi connectivity index (χ3v) is 4.54. The van der Waals surface area contributed by atoms with Crippen molar-refractivity contribution in [1.82, 2.24) is 9.78 Å². The molecule has 0 unspecified atom stereocenters. The van der Waals surface area contributed by atoms with Gasteiger partial charge in [0.1, 0.15) is 0 Å². The average molecular weight is 378 g/mol. The highest BCUT2D eigenvalue weighted by atomic mass is 35.5. The van der Waals surface area contributed by atoms with Crippen LogP contribution in [0.2, 0.25) is 5.02 Å². The number of carbonyl (C=O) groups is 1. The molecule has 0 aliphatic heterocycles. The third kappa shape index (κ3) is 3.64. The molecule has 0 atom stereocenters. The lowest BCUT2D eigenvalue weighted by Gasteiger charge is -2.10. The summed E-state index contributed by atoms with van der Waals surface area (Å²) >= 11 is 5.91. The maximum Gasteiger partial charge on any atom is 0.337 e. The Bertz CT molecular complexity index is 1120. The van der Waals surface area contributed by atoms with Crippen molar-refractivity contribution in [2.24, 2.45) is 0 Å². The van der Waals surface area contributed by atoms with Gasteiger partial charge in [0.15, 0.2) is 0 Å². The second-order valence-electron chi connectivity index (χ2n) is 6.18. The second-order valence-corrected chi connectivity index (χ2v) is 6.62. The van der Waals surface area contributed by atoms with E-state index in [1.165, 1.54) is 11.6 Å². The lowest BCUT2D eigenvalue weighted by molar-refractivity contribution is 0.0698. The van der Waals surface area contributed by atoms with Crippen LogP contribution < -0.4 is 5.32 Å². The van der Waals surface area contributed by atoms with Crippen molar-refractivity contribution in [1.29, 1.82) is 0 Å². The second kappa shape index (κ2) is 7.13. The first-order chi connectivity index (χ1) is 13.1. The molecule has 0 amide bonds. The summed E-state index contributed by atoms with van der Waals surface area (Å²) in [6.45, 7) is 0.692. The molecule has 4 rings (SSSR count). The van der Waals surface area contributed by atoms with E-state index in [9.17, 15) is 9.90 Å². The summed E-state index contributed by atoms with van der Waals surface area (Å²) in [7, 11) is 0. The lowest BCUT2D eigenvalue weighted by Crippen LogP contribution is -2.03. The smallest absolute Gasteiger partial charge is 0.337 e. The SMILES string of the molecule is O=C(O)c1cc(Cl)ccc1Nc1ccc2c(cnn2Cc2ccccc2)c1. The molecule has 134 valence electrons. The van der Waals surface area contributed by atoms with E-state index >= 15 is 0 Å². The Hall–Kier alpha value is -3.31. The number of fused-ring (bicyclic) bond motifs is 1. The van der Waals surface area contributed by atoms with Gasteiger partial charge in [-0.05, 0) is 42.0 Å². The van der Waals surface area contributed by atoms with Crippen molar-refractivity contribution >= 4 is 39.8 Å². The van der Waals surface area contributed by atoms with Crippen molar-refractivity contribution < 1.29 is 9.90 Å². The van der Waals surface area contributed by atoms with Crippen LogP contribution in [0.4, 0.5) is 11.4 Å². The Morgan fingerprint density at radius 1 is 1.07 bits per heavy atom. The molecule has 0 fully saturated rings. The minimum absolute atomic E-state index is 0.127. The van der Waals surface area contributed by atoms with Gasteiger partial charge in [-0.2, -0.15) is 5.10 Å². The predicted octanol–water partition coefficient (Wildman–Crippen LogP) is 5.18. The van der Waals surface area contributed by atoms with Gasteiger partial charge in [-0.15, -0.1) is 0 Å². The number of benzene rings is 3. The molecular formula is C21H16ClN3O2. The number of anilines is 2. The molecule has 1 heterocycles. The van der Waals surface area contributed by atoms with Crippen LogP contribution in [0.1, 0.15) is 15.9 Å². The number of nitrogens with one attached hydrogen (secondary N) is 1. The fourth-order valence-corrected chi connectivity index (χ4v) is 3.18. The Labute approximate surface area is 160 Å². The molecule has 6 heteroatoms. The zero-order chi connectivity index (χ0) is 18.8. The van der Waals surface area contributed by atoms with Crippen LogP contribution >= 0.6 is 11.6 Å². The highest BCUT2D eigenvalue weighted by Gasteiger charge is 2.12. The summed E-state index contributed by atoms with van der Waals surface area (Å²) in [6.07, 6.45) is 1.81. The van der Waals surface area contributed by atoms with Crippen LogP contribution in [0.25, 0.3) is 10.9 Å². The fraction of sp³-hybridized carbons (Fsp3) is 0.0476. The molecule has 4 aromatic rings. The Kier molecular flexibility index (Phi) is 4.52. The summed E-state index contributed by atoms with van der Waals surface area (Å²) in [5, 5.41) is 18.4. The number of rotatable bonds is 5. The van der Waals surface area contributed by atoms with Crippen LogP contribution in [-0.4, -0.2) is 20.9 Å². The number of nitrogens with zero attached hydrogens (tertiary/aromatic N) is 2. The first-order valence-electron chi connectivity index (χ1n) is 8.39. The summed E-state index contributed by atoms with van der Waals surface area (Å²) in [4.78, 5) is 11.4. The van der Waals surface area contributed by atoms with E-state index in [0.717, 1.165) is 16.6 Å². The van der Waals surface area contributed by atoms with E-state index in [1.54, 1.807) is 12.1 Å². The quantitative estimate of drug-likeness (QED) is 0.503. The molecule has 27 heavy (non-hydrogen) atoms. The van der Waals surface area contributed by atoms with Crippen molar-refractivity contribution in [3.05, 3.63) is 89.1 Å². The van der Waals surface area contributed by atoms with Crippen LogP contribution in [0.15, 0.2) is 72.9 Å². The number of carboxylic acid groups (broad SMARTS) is 1. The molecule has 2 N–H and O–H groups in total. The molecule has 0 saturated heterocycles. The van der Waals surface area contributed by atoms with E-state index in [4.69, 9.17) is 11.6 Å². The Morgan fingerprint density at radius 2 is 1.89 bits per heavy atom. The summed E-state index contributed by atoms with van der Waals surface area (Å²) in [5.41, 5.74) is 3.59. The third-order valence-electron chi connectivity index (χ3n) is 4.31. The first kappa shape index (κ1) is 17.1. The highest BCUT2D eigenvalue weighted by Crippen LogP contribution is 2.27. The predicted molar refractivity (Wildman–Crippen MR) is 107 cm³/mol. The number of aromatic carboxylic acids is 1. The monoisotopic (exact) mass is 377 g/mol. The average Bonchev–Trinajstić information content (AvgIpc) is 3.06. The van der Waals surface area contributed by atoms with Crippen molar-refractivity contribution in [3.63, 3.8) is 0 Å². The van der Waals surface area contributed by atoms with Gasteiger partial charge in [0.2, 0.25) is 0 Å². The van der Waals surface area contributed by atoms with Gasteiger partial charge in [-0.3, -0.25) is 4.68 Å². The van der Waals surface area contributed by atoms with Crippen LogP contribution in [-0.2, 0) is 6.54 Å². The van der Waals surface area contributed by atoms with Gasteiger partial charge in [0.25, 0.3) is 0 Å². The van der Waals surface area contributed by atoms with E-state index < -0.39 is 5.97 Å². The van der Waals surface area contributed by atoms with E-state index in [2.05, 4.69) is 22.5 Å². The topological polar surface area (TPSA) is 67.2 Å². The van der Waals surface area contributed by atoms with E-state index in [0.29, 0.717) is 17.3 Å². The molecule has 0 bridgehead atoms. The molecule has 0 spiro atoms. The molecule has 0 aliphatic rings. The van der Waals surface area contributed by atoms with Gasteiger partial charge >= 0.3 is 5.97 Å². The Morgan fingerprint density at radius 3 is 2.67 bits per heavy atom. The molecule has 0 saturated carbocycles. The van der Waals surface area contributed by atoms with Crippen LogP contribution in [0.5, 0.6) is 0 Å². The molecule has 0 radical (unpaired) electrons. The molecule has 5 nitrogen and oxygen atoms in total. The van der Waals surface area contributed by atoms with Crippen LogP contribution in [0.3, 0.4) is 0 Å². The lowest BCUT2D eigenvalue weighted by atomic mass is 10.1. The van der Waals surface area contributed by atoms with E-state index in [1.807, 2.05) is 47.3 Å². The van der Waals surface area contributed by atoms with Gasteiger partial charge in [0, 0.05) is 16.1 Å². The number of hydrogen-bond donors (Lipinski definition) is 2. The number of aromatic nitrogens is 2. The molecule has 0 aliphatic carbocycles. The first-order valence-corrected chi connectivity index (χ1v) is 8.77. The number of halogens is 1. The summed E-state index contributed by atoms with van der Waals surface area (Å²) in [5.74, 6) is -1.03. The van der Waals surface area contributed by atoms with E-state index in [-0.39, 0.29) is 5.56 Å². The van der Waals surface area contributed by atoms with Gasteiger partial charge < -0.3 is 10.4 Å². The molecular weight excluding hydrogens is 362 g/mol. The highest BCUT2D eigenvalue weighted by molar-refractivity contribution is 6.31. The van der Waals surface area contributed by atoms with Gasteiger partial charge in [-0.25, -0.2) is 4.79 Å². The Balaban J connectivity index is 1.63.